The number of rotatable bonds is 0. The van der Waals surface area contributed by atoms with E-state index in [1.54, 1.807) is 20.8 Å². The molecule has 0 atom stereocenters. The predicted octanol–water partition coefficient (Wildman–Crippen LogP) is 2.79. The van der Waals surface area contributed by atoms with E-state index in [-0.39, 0.29) is 5.41 Å². The van der Waals surface area contributed by atoms with Crippen molar-refractivity contribution in [2.45, 2.75) is 61.2 Å². The van der Waals surface area contributed by atoms with Crippen LogP contribution in [0.3, 0.4) is 0 Å². The van der Waals surface area contributed by atoms with Crippen molar-refractivity contribution in [3.8, 4) is 0 Å². The third kappa shape index (κ3) is 14.7. The number of aliphatic hydroxyl groups is 2. The van der Waals surface area contributed by atoms with Gasteiger partial charge in [0.2, 0.25) is 0 Å². The van der Waals surface area contributed by atoms with Gasteiger partial charge < -0.3 is 10.2 Å². The monoisotopic (exact) mass is 190 g/mol. The summed E-state index contributed by atoms with van der Waals surface area (Å²) in [5.41, 5.74) is 0.153. The van der Waals surface area contributed by atoms with E-state index >= 15 is 0 Å². The summed E-state index contributed by atoms with van der Waals surface area (Å²) in [4.78, 5) is 0. The van der Waals surface area contributed by atoms with Crippen molar-refractivity contribution < 1.29 is 10.2 Å². The third-order valence-corrected chi connectivity index (χ3v) is 1.84. The lowest BCUT2D eigenvalue weighted by atomic mass is 9.94. The maximum Gasteiger partial charge on any atom is 0.156 e. The molecule has 82 valence electrons. The Balaban J connectivity index is 0. The Morgan fingerprint density at radius 2 is 1.08 bits per heavy atom. The molecule has 0 rings (SSSR count). The largest absolute Gasteiger partial charge is 0.368 e. The van der Waals surface area contributed by atoms with Gasteiger partial charge in [-0.1, -0.05) is 54.9 Å². The quantitative estimate of drug-likeness (QED) is 0.577. The lowest BCUT2D eigenvalue weighted by Gasteiger charge is -2.19. The van der Waals surface area contributed by atoms with Gasteiger partial charge in [0.15, 0.2) is 6.29 Å². The summed E-state index contributed by atoms with van der Waals surface area (Å²) < 4.78 is 0. The molecule has 0 unspecified atom stereocenters. The average Bonchev–Trinajstić information content (AvgIpc) is 1.85. The average molecular weight is 190 g/mol. The van der Waals surface area contributed by atoms with E-state index in [1.807, 2.05) is 0 Å². The standard InChI is InChI=1S/C6H14.C5H12O2/c1-5-6(2,3)4;1-5(2,3)4(6)7/h5H2,1-4H3;4,6-7H,1-3H3. The van der Waals surface area contributed by atoms with E-state index in [9.17, 15) is 0 Å². The van der Waals surface area contributed by atoms with Crippen molar-refractivity contribution in [1.82, 2.24) is 0 Å². The molecule has 0 saturated heterocycles. The molecule has 0 aromatic heterocycles. The van der Waals surface area contributed by atoms with Gasteiger partial charge in [-0.15, -0.1) is 0 Å². The van der Waals surface area contributed by atoms with Gasteiger partial charge in [-0.2, -0.15) is 0 Å². The second-order valence-corrected chi connectivity index (χ2v) is 5.65. The first-order valence-corrected chi connectivity index (χ1v) is 4.87. The summed E-state index contributed by atoms with van der Waals surface area (Å²) in [6, 6.07) is 0. The van der Waals surface area contributed by atoms with Crippen LogP contribution in [0.25, 0.3) is 0 Å². The van der Waals surface area contributed by atoms with Crippen LogP contribution < -0.4 is 0 Å². The van der Waals surface area contributed by atoms with Gasteiger partial charge in [0, 0.05) is 5.41 Å². The van der Waals surface area contributed by atoms with Crippen molar-refractivity contribution in [2.75, 3.05) is 0 Å². The van der Waals surface area contributed by atoms with Gasteiger partial charge in [-0.05, 0) is 5.41 Å². The Morgan fingerprint density at radius 1 is 0.923 bits per heavy atom. The Hall–Kier alpha value is -0.0800. The summed E-state index contributed by atoms with van der Waals surface area (Å²) in [6.07, 6.45) is 0.0694. The molecule has 2 N–H and O–H groups in total. The number of hydrogen-bond donors (Lipinski definition) is 2. The van der Waals surface area contributed by atoms with Crippen LogP contribution >= 0.6 is 0 Å². The summed E-state index contributed by atoms with van der Waals surface area (Å²) in [5.74, 6) is 0. The lowest BCUT2D eigenvalue weighted by molar-refractivity contribution is -0.113. The van der Waals surface area contributed by atoms with Crippen LogP contribution in [0.4, 0.5) is 0 Å². The fourth-order valence-electron chi connectivity index (χ4n) is 0. The molecular formula is C11H26O2. The molecule has 0 spiro atoms. The zero-order valence-corrected chi connectivity index (χ0v) is 10.2. The Morgan fingerprint density at radius 3 is 1.08 bits per heavy atom. The fraction of sp³-hybridized carbons (Fsp3) is 1.00. The van der Waals surface area contributed by atoms with Crippen LogP contribution in [-0.4, -0.2) is 16.5 Å². The molecule has 0 aliphatic carbocycles. The summed E-state index contributed by atoms with van der Waals surface area (Å²) >= 11 is 0. The molecule has 0 fully saturated rings. The molecule has 2 nitrogen and oxygen atoms in total. The number of aliphatic hydroxyl groups excluding tert-OH is 1. The zero-order chi connectivity index (χ0) is 11.3. The van der Waals surface area contributed by atoms with Crippen molar-refractivity contribution in [2.24, 2.45) is 10.8 Å². The van der Waals surface area contributed by atoms with Crippen LogP contribution in [0, 0.1) is 10.8 Å². The van der Waals surface area contributed by atoms with Gasteiger partial charge in [0.05, 0.1) is 0 Å². The highest BCUT2D eigenvalue weighted by atomic mass is 16.5. The van der Waals surface area contributed by atoms with E-state index < -0.39 is 6.29 Å². The molecule has 0 radical (unpaired) electrons. The third-order valence-electron chi connectivity index (χ3n) is 1.84. The van der Waals surface area contributed by atoms with Crippen LogP contribution in [0.1, 0.15) is 54.9 Å². The SMILES string of the molecule is CC(C)(C)C(O)O.CCC(C)(C)C. The highest BCUT2D eigenvalue weighted by Gasteiger charge is 2.18. The second kappa shape index (κ2) is 5.61. The maximum atomic E-state index is 8.44. The van der Waals surface area contributed by atoms with Crippen LogP contribution in [-0.2, 0) is 0 Å². The minimum absolute atomic E-state index is 0.389. The van der Waals surface area contributed by atoms with E-state index in [4.69, 9.17) is 10.2 Å². The summed E-state index contributed by atoms with van der Waals surface area (Å²) in [7, 11) is 0. The van der Waals surface area contributed by atoms with Gasteiger partial charge >= 0.3 is 0 Å². The highest BCUT2D eigenvalue weighted by molar-refractivity contribution is 4.61. The van der Waals surface area contributed by atoms with E-state index in [2.05, 4.69) is 27.7 Å². The Labute approximate surface area is 83.0 Å². The van der Waals surface area contributed by atoms with Gasteiger partial charge in [-0.25, -0.2) is 0 Å². The first kappa shape index (κ1) is 15.4. The van der Waals surface area contributed by atoms with Crippen LogP contribution in [0.5, 0.6) is 0 Å². The fourth-order valence-corrected chi connectivity index (χ4v) is 0. The first-order valence-electron chi connectivity index (χ1n) is 4.87. The molecule has 0 saturated carbocycles. The predicted molar refractivity (Wildman–Crippen MR) is 57.4 cm³/mol. The summed E-state index contributed by atoms with van der Waals surface area (Å²) in [5, 5.41) is 16.9. The molecule has 0 amide bonds. The molecule has 13 heavy (non-hydrogen) atoms. The normalized spacial score (nSPS) is 12.5. The minimum atomic E-state index is -1.20. The Bertz CT molecular complexity index is 115. The summed E-state index contributed by atoms with van der Waals surface area (Å²) in [6.45, 7) is 14.2. The van der Waals surface area contributed by atoms with E-state index in [0.717, 1.165) is 0 Å². The molecule has 0 aromatic rings. The second-order valence-electron chi connectivity index (χ2n) is 5.65. The lowest BCUT2D eigenvalue weighted by Crippen LogP contribution is -2.24. The zero-order valence-electron chi connectivity index (χ0n) is 10.2. The van der Waals surface area contributed by atoms with Crippen molar-refractivity contribution in [1.29, 1.82) is 0 Å². The maximum absolute atomic E-state index is 8.44. The van der Waals surface area contributed by atoms with Crippen molar-refractivity contribution in [3.63, 3.8) is 0 Å². The highest BCUT2D eigenvalue weighted by Crippen LogP contribution is 2.16. The molecule has 0 aromatic carbocycles. The van der Waals surface area contributed by atoms with E-state index in [1.165, 1.54) is 6.42 Å². The van der Waals surface area contributed by atoms with Crippen LogP contribution in [0.15, 0.2) is 0 Å². The first-order chi connectivity index (χ1) is 5.50. The van der Waals surface area contributed by atoms with Gasteiger partial charge in [0.1, 0.15) is 0 Å². The van der Waals surface area contributed by atoms with Crippen LogP contribution in [0.2, 0.25) is 0 Å². The molecule has 2 heteroatoms. The molecule has 0 heterocycles. The van der Waals surface area contributed by atoms with E-state index in [0.29, 0.717) is 5.41 Å². The van der Waals surface area contributed by atoms with Gasteiger partial charge in [0.25, 0.3) is 0 Å². The smallest absolute Gasteiger partial charge is 0.156 e. The van der Waals surface area contributed by atoms with Crippen molar-refractivity contribution in [3.05, 3.63) is 0 Å². The van der Waals surface area contributed by atoms with Gasteiger partial charge in [-0.3, -0.25) is 0 Å². The number of hydrogen-bond acceptors (Lipinski definition) is 2. The molecule has 0 aliphatic heterocycles. The minimum Gasteiger partial charge on any atom is -0.368 e. The molecule has 0 aliphatic rings. The van der Waals surface area contributed by atoms with Crippen molar-refractivity contribution >= 4 is 0 Å². The topological polar surface area (TPSA) is 40.5 Å². The Kier molecular flexibility index (Phi) is 6.64. The molecule has 0 bridgehead atoms. The molecular weight excluding hydrogens is 164 g/mol.